The lowest BCUT2D eigenvalue weighted by molar-refractivity contribution is 0.645. The van der Waals surface area contributed by atoms with Crippen LogP contribution in [0.1, 0.15) is 48.7 Å². The Labute approximate surface area is 253 Å². The molecule has 0 unspecified atom stereocenters. The highest BCUT2D eigenvalue weighted by atomic mass is 15.0. The normalized spacial score (nSPS) is 13.9. The molecule has 0 saturated heterocycles. The standard InChI is InChI=1S/C42H33N/c1-5-37-34(29-18-12-14-25-38(29)43(37)28-16-7-6-8-17-28)26-27(2)39-30-19-9-10-20-31(30)40-32-21-11-13-23-35(32)42(3,4)36-24-15-22-33(39)41(36)40/h5-26H,1H2,2-4H3/b27-26+. The van der Waals surface area contributed by atoms with Crippen molar-refractivity contribution in [1.29, 1.82) is 0 Å². The average molecular weight is 552 g/mol. The highest BCUT2D eigenvalue weighted by Gasteiger charge is 2.34. The first-order valence-electron chi connectivity index (χ1n) is 15.1. The van der Waals surface area contributed by atoms with Crippen molar-refractivity contribution in [1.82, 2.24) is 4.57 Å². The maximum absolute atomic E-state index is 4.28. The fraction of sp³-hybridized carbons (Fsp3) is 0.0952. The van der Waals surface area contributed by atoms with Gasteiger partial charge in [-0.2, -0.15) is 0 Å². The van der Waals surface area contributed by atoms with Crippen molar-refractivity contribution in [3.05, 3.63) is 156 Å². The summed E-state index contributed by atoms with van der Waals surface area (Å²) in [5, 5.41) is 6.52. The van der Waals surface area contributed by atoms with E-state index in [1.165, 1.54) is 71.4 Å². The highest BCUT2D eigenvalue weighted by molar-refractivity contribution is 6.22. The van der Waals surface area contributed by atoms with Gasteiger partial charge in [0.25, 0.3) is 0 Å². The van der Waals surface area contributed by atoms with Crippen LogP contribution in [0.4, 0.5) is 0 Å². The highest BCUT2D eigenvalue weighted by Crippen LogP contribution is 2.53. The SMILES string of the molecule is C=Cc1c(/C=C(\C)c2c3ccccc3c3c4c(cccc24)C(C)(C)c2ccccc2-3)c2ccccc2n1-c1ccccc1. The van der Waals surface area contributed by atoms with Gasteiger partial charge in [-0.25, -0.2) is 0 Å². The maximum atomic E-state index is 4.28. The van der Waals surface area contributed by atoms with E-state index in [0.717, 1.165) is 11.4 Å². The van der Waals surface area contributed by atoms with Crippen molar-refractivity contribution in [3.63, 3.8) is 0 Å². The van der Waals surface area contributed by atoms with Gasteiger partial charge in [0.15, 0.2) is 0 Å². The van der Waals surface area contributed by atoms with Crippen LogP contribution < -0.4 is 0 Å². The lowest BCUT2D eigenvalue weighted by atomic mass is 9.67. The van der Waals surface area contributed by atoms with Gasteiger partial charge in [0.05, 0.1) is 11.2 Å². The number of hydrogen-bond donors (Lipinski definition) is 0. The third-order valence-electron chi connectivity index (χ3n) is 9.51. The topological polar surface area (TPSA) is 4.93 Å². The van der Waals surface area contributed by atoms with E-state index in [1.807, 2.05) is 6.08 Å². The first-order valence-corrected chi connectivity index (χ1v) is 15.1. The predicted octanol–water partition coefficient (Wildman–Crippen LogP) is 11.4. The van der Waals surface area contributed by atoms with Crippen LogP contribution in [-0.2, 0) is 5.41 Å². The Morgan fingerprint density at radius 1 is 0.651 bits per heavy atom. The minimum absolute atomic E-state index is 0.0977. The molecule has 1 aromatic heterocycles. The lowest BCUT2D eigenvalue weighted by Crippen LogP contribution is -2.23. The Hall–Kier alpha value is -5.14. The summed E-state index contributed by atoms with van der Waals surface area (Å²) in [5.41, 5.74) is 12.6. The van der Waals surface area contributed by atoms with Crippen molar-refractivity contribution >= 4 is 50.2 Å². The van der Waals surface area contributed by atoms with Gasteiger partial charge in [0, 0.05) is 22.1 Å². The van der Waals surface area contributed by atoms with E-state index in [9.17, 15) is 0 Å². The van der Waals surface area contributed by atoms with Gasteiger partial charge in [0.2, 0.25) is 0 Å². The second-order valence-corrected chi connectivity index (χ2v) is 12.2. The van der Waals surface area contributed by atoms with Crippen molar-refractivity contribution in [3.8, 4) is 16.8 Å². The molecule has 0 aliphatic heterocycles. The van der Waals surface area contributed by atoms with Crippen LogP contribution >= 0.6 is 0 Å². The van der Waals surface area contributed by atoms with Crippen molar-refractivity contribution in [2.45, 2.75) is 26.2 Å². The monoisotopic (exact) mass is 551 g/mol. The first-order chi connectivity index (χ1) is 21.0. The summed E-state index contributed by atoms with van der Waals surface area (Å²) in [5.74, 6) is 0. The molecule has 0 saturated carbocycles. The molecule has 0 N–H and O–H groups in total. The molecule has 43 heavy (non-hydrogen) atoms. The number of aromatic nitrogens is 1. The van der Waals surface area contributed by atoms with Crippen molar-refractivity contribution < 1.29 is 0 Å². The van der Waals surface area contributed by atoms with Crippen molar-refractivity contribution in [2.24, 2.45) is 0 Å². The Morgan fingerprint density at radius 2 is 1.28 bits per heavy atom. The zero-order valence-corrected chi connectivity index (χ0v) is 24.9. The van der Waals surface area contributed by atoms with Gasteiger partial charge < -0.3 is 4.57 Å². The number of fused-ring (bicyclic) bond motifs is 5. The van der Waals surface area contributed by atoms with Crippen LogP contribution in [0.2, 0.25) is 0 Å². The van der Waals surface area contributed by atoms with Gasteiger partial charge in [-0.15, -0.1) is 0 Å². The van der Waals surface area contributed by atoms with Crippen LogP contribution in [0.5, 0.6) is 0 Å². The molecular formula is C42H33N. The third kappa shape index (κ3) is 3.58. The van der Waals surface area contributed by atoms with Crippen LogP contribution in [0.25, 0.3) is 67.0 Å². The number of nitrogens with zero attached hydrogens (tertiary/aromatic N) is 1. The van der Waals surface area contributed by atoms with Crippen LogP contribution in [0, 0.1) is 0 Å². The molecule has 6 aromatic carbocycles. The number of hydrogen-bond acceptors (Lipinski definition) is 0. The van der Waals surface area contributed by atoms with E-state index in [2.05, 4.69) is 159 Å². The van der Waals surface area contributed by atoms with Gasteiger partial charge in [0.1, 0.15) is 0 Å². The molecule has 0 radical (unpaired) electrons. The first kappa shape index (κ1) is 25.6. The summed E-state index contributed by atoms with van der Waals surface area (Å²) < 4.78 is 2.33. The lowest BCUT2D eigenvalue weighted by Gasteiger charge is -2.36. The van der Waals surface area contributed by atoms with E-state index in [0.29, 0.717) is 0 Å². The largest absolute Gasteiger partial charge is 0.309 e. The predicted molar refractivity (Wildman–Crippen MR) is 186 cm³/mol. The van der Waals surface area contributed by atoms with Crippen LogP contribution in [0.3, 0.4) is 0 Å². The van der Waals surface area contributed by atoms with Gasteiger partial charge in [-0.05, 0) is 92.2 Å². The summed E-state index contributed by atoms with van der Waals surface area (Å²) in [4.78, 5) is 0. The van der Waals surface area contributed by atoms with Gasteiger partial charge in [-0.1, -0.05) is 124 Å². The van der Waals surface area contributed by atoms with Gasteiger partial charge >= 0.3 is 0 Å². The molecule has 206 valence electrons. The van der Waals surface area contributed by atoms with E-state index >= 15 is 0 Å². The Bertz CT molecular complexity index is 2270. The van der Waals surface area contributed by atoms with E-state index < -0.39 is 0 Å². The fourth-order valence-electron chi connectivity index (χ4n) is 7.63. The Morgan fingerprint density at radius 3 is 2.07 bits per heavy atom. The summed E-state index contributed by atoms with van der Waals surface area (Å²) in [7, 11) is 0. The third-order valence-corrected chi connectivity index (χ3v) is 9.51. The zero-order valence-electron chi connectivity index (χ0n) is 24.9. The number of para-hydroxylation sites is 2. The molecular weight excluding hydrogens is 518 g/mol. The quantitative estimate of drug-likeness (QED) is 0.192. The summed E-state index contributed by atoms with van der Waals surface area (Å²) >= 11 is 0. The molecule has 1 nitrogen and oxygen atoms in total. The molecule has 0 spiro atoms. The smallest absolute Gasteiger partial charge is 0.0541 e. The minimum atomic E-state index is -0.0977. The molecule has 0 atom stereocenters. The summed E-state index contributed by atoms with van der Waals surface area (Å²) in [6.07, 6.45) is 4.39. The fourth-order valence-corrected chi connectivity index (χ4v) is 7.63. The molecule has 1 heterocycles. The molecule has 0 amide bonds. The van der Waals surface area contributed by atoms with Crippen molar-refractivity contribution in [2.75, 3.05) is 0 Å². The van der Waals surface area contributed by atoms with Crippen LogP contribution in [0.15, 0.2) is 128 Å². The minimum Gasteiger partial charge on any atom is -0.309 e. The van der Waals surface area contributed by atoms with E-state index in [-0.39, 0.29) is 5.41 Å². The Kier molecular flexibility index (Phi) is 5.61. The van der Waals surface area contributed by atoms with E-state index in [4.69, 9.17) is 0 Å². The van der Waals surface area contributed by atoms with Gasteiger partial charge in [-0.3, -0.25) is 0 Å². The maximum Gasteiger partial charge on any atom is 0.0541 e. The molecule has 7 aromatic rings. The average Bonchev–Trinajstić information content (AvgIpc) is 3.36. The van der Waals surface area contributed by atoms with Crippen LogP contribution in [-0.4, -0.2) is 4.57 Å². The second kappa shape index (κ2) is 9.44. The summed E-state index contributed by atoms with van der Waals surface area (Å²) in [6, 6.07) is 44.1. The molecule has 1 aliphatic rings. The molecule has 0 fully saturated rings. The molecule has 1 aliphatic carbocycles. The number of rotatable bonds is 4. The number of benzene rings is 6. The molecule has 8 rings (SSSR count). The van der Waals surface area contributed by atoms with E-state index in [1.54, 1.807) is 0 Å². The second-order valence-electron chi connectivity index (χ2n) is 12.2. The summed E-state index contributed by atoms with van der Waals surface area (Å²) in [6.45, 7) is 11.3. The number of allylic oxidation sites excluding steroid dienone is 1. The molecule has 1 heteroatoms. The zero-order chi connectivity index (χ0) is 29.3. The molecule has 0 bridgehead atoms. The Balaban J connectivity index is 1.48.